The van der Waals surface area contributed by atoms with Crippen molar-refractivity contribution < 1.29 is 22.7 Å². The van der Waals surface area contributed by atoms with Gasteiger partial charge in [-0.05, 0) is 12.8 Å². The molecule has 94 valence electrons. The highest BCUT2D eigenvalue weighted by atomic mass is 32.1. The van der Waals surface area contributed by atoms with E-state index in [1.807, 2.05) is 0 Å². The summed E-state index contributed by atoms with van der Waals surface area (Å²) in [4.78, 5) is 10.6. The van der Waals surface area contributed by atoms with Crippen LogP contribution >= 0.6 is 11.3 Å². The molecule has 0 aliphatic carbocycles. The molecule has 1 N–H and O–H groups in total. The Kier molecular flexibility index (Phi) is 3.29. The topological polar surface area (TPSA) is 64.1 Å². The molecular weight excluding hydrogens is 259 g/mol. The lowest BCUT2D eigenvalue weighted by Crippen LogP contribution is -2.29. The molecule has 1 atom stereocenters. The van der Waals surface area contributed by atoms with Crippen LogP contribution in [0.2, 0.25) is 0 Å². The van der Waals surface area contributed by atoms with Crippen molar-refractivity contribution in [2.75, 3.05) is 11.9 Å². The fraction of sp³-hybridized carbons (Fsp3) is 0.625. The number of carbonyl (C=O) groups excluding carboxylic acids is 1. The number of ether oxygens (including phenoxy) is 1. The number of hydrogen-bond donors (Lipinski definition) is 1. The molecule has 1 saturated heterocycles. The molecule has 1 aliphatic rings. The third-order valence-electron chi connectivity index (χ3n) is 2.12. The molecule has 17 heavy (non-hydrogen) atoms. The van der Waals surface area contributed by atoms with Gasteiger partial charge in [0.05, 0.1) is 0 Å². The lowest BCUT2D eigenvalue weighted by molar-refractivity contribution is -0.167. The molecule has 0 radical (unpaired) electrons. The molecule has 1 fully saturated rings. The fourth-order valence-electron chi connectivity index (χ4n) is 1.36. The van der Waals surface area contributed by atoms with Crippen LogP contribution in [-0.4, -0.2) is 28.9 Å². The van der Waals surface area contributed by atoms with Crippen LogP contribution in [0.25, 0.3) is 0 Å². The Hall–Kier alpha value is -1.22. The Balaban J connectivity index is 2.01. The molecule has 0 aromatic carbocycles. The average Bonchev–Trinajstić information content (AvgIpc) is 2.83. The molecule has 2 rings (SSSR count). The van der Waals surface area contributed by atoms with Crippen molar-refractivity contribution in [3.05, 3.63) is 5.01 Å². The lowest BCUT2D eigenvalue weighted by atomic mass is 10.2. The normalized spacial score (nSPS) is 20.5. The van der Waals surface area contributed by atoms with Gasteiger partial charge in [-0.15, -0.1) is 10.2 Å². The monoisotopic (exact) mass is 267 g/mol. The molecule has 5 nitrogen and oxygen atoms in total. The van der Waals surface area contributed by atoms with E-state index in [2.05, 4.69) is 10.2 Å². The minimum absolute atomic E-state index is 0.169. The second-order valence-electron chi connectivity index (χ2n) is 3.40. The van der Waals surface area contributed by atoms with Gasteiger partial charge >= 0.3 is 12.1 Å². The number of rotatable bonds is 2. The second kappa shape index (κ2) is 4.57. The van der Waals surface area contributed by atoms with E-state index in [0.29, 0.717) is 11.6 Å². The summed E-state index contributed by atoms with van der Waals surface area (Å²) in [5.74, 6) is -2.05. The average molecular weight is 267 g/mol. The molecule has 1 aliphatic heterocycles. The first kappa shape index (κ1) is 12.2. The Morgan fingerprint density at radius 1 is 1.47 bits per heavy atom. The van der Waals surface area contributed by atoms with Gasteiger partial charge in [-0.1, -0.05) is 11.3 Å². The summed E-state index contributed by atoms with van der Waals surface area (Å²) >= 11 is 0.895. The number of amides is 1. The zero-order chi connectivity index (χ0) is 12.5. The van der Waals surface area contributed by atoms with Gasteiger partial charge in [-0.2, -0.15) is 13.2 Å². The molecule has 0 bridgehead atoms. The van der Waals surface area contributed by atoms with E-state index in [1.54, 1.807) is 5.32 Å². The summed E-state index contributed by atoms with van der Waals surface area (Å²) in [5.41, 5.74) is 0. The van der Waals surface area contributed by atoms with Gasteiger partial charge in [0.2, 0.25) is 5.13 Å². The third kappa shape index (κ3) is 2.91. The molecular formula is C8H8F3N3O2S. The Bertz CT molecular complexity index is 414. The quantitative estimate of drug-likeness (QED) is 0.888. The number of hydrogen-bond acceptors (Lipinski definition) is 5. The molecule has 1 unspecified atom stereocenters. The van der Waals surface area contributed by atoms with Crippen LogP contribution in [0.3, 0.4) is 0 Å². The third-order valence-corrected chi connectivity index (χ3v) is 3.05. The van der Waals surface area contributed by atoms with E-state index in [0.717, 1.165) is 24.2 Å². The van der Waals surface area contributed by atoms with Crippen LogP contribution in [0.5, 0.6) is 0 Å². The first-order valence-electron chi connectivity index (χ1n) is 4.80. The Morgan fingerprint density at radius 3 is 2.82 bits per heavy atom. The number of nitrogens with one attached hydrogen (secondary N) is 1. The van der Waals surface area contributed by atoms with Crippen LogP contribution in [0, 0.1) is 0 Å². The predicted octanol–water partition coefficient (Wildman–Crippen LogP) is 1.89. The summed E-state index contributed by atoms with van der Waals surface area (Å²) < 4.78 is 41.2. The van der Waals surface area contributed by atoms with E-state index >= 15 is 0 Å². The van der Waals surface area contributed by atoms with Gasteiger partial charge in [0.1, 0.15) is 11.1 Å². The number of carbonyl (C=O) groups is 1. The van der Waals surface area contributed by atoms with Crippen molar-refractivity contribution in [1.82, 2.24) is 10.2 Å². The minimum atomic E-state index is -4.92. The standard InChI is InChI=1S/C8H8F3N3O2S/c9-8(10,11)6(15)12-7-14-13-5(17-7)4-2-1-3-16-4/h4H,1-3H2,(H,12,14,15). The smallest absolute Gasteiger partial charge is 0.371 e. The molecule has 9 heteroatoms. The molecule has 0 saturated carbocycles. The minimum Gasteiger partial charge on any atom is -0.371 e. The molecule has 2 heterocycles. The summed E-state index contributed by atoms with van der Waals surface area (Å²) in [6.45, 7) is 0.606. The van der Waals surface area contributed by atoms with Crippen LogP contribution in [-0.2, 0) is 9.53 Å². The summed E-state index contributed by atoms with van der Waals surface area (Å²) in [7, 11) is 0. The number of aromatic nitrogens is 2. The summed E-state index contributed by atoms with van der Waals surface area (Å²) in [6, 6.07) is 0. The van der Waals surface area contributed by atoms with Crippen molar-refractivity contribution >= 4 is 22.4 Å². The molecule has 1 aromatic heterocycles. The Labute approximate surface area is 98.0 Å². The van der Waals surface area contributed by atoms with Gasteiger partial charge in [-0.25, -0.2) is 0 Å². The van der Waals surface area contributed by atoms with Gasteiger partial charge in [0.15, 0.2) is 0 Å². The van der Waals surface area contributed by atoms with Crippen LogP contribution in [0.15, 0.2) is 0 Å². The van der Waals surface area contributed by atoms with E-state index < -0.39 is 12.1 Å². The maximum Gasteiger partial charge on any atom is 0.471 e. The second-order valence-corrected chi connectivity index (χ2v) is 4.41. The van der Waals surface area contributed by atoms with Gasteiger partial charge in [-0.3, -0.25) is 10.1 Å². The highest BCUT2D eigenvalue weighted by molar-refractivity contribution is 7.15. The van der Waals surface area contributed by atoms with Crippen molar-refractivity contribution in [1.29, 1.82) is 0 Å². The number of alkyl halides is 3. The van der Waals surface area contributed by atoms with Gasteiger partial charge in [0, 0.05) is 6.61 Å². The Morgan fingerprint density at radius 2 is 2.24 bits per heavy atom. The first-order chi connectivity index (χ1) is 7.97. The SMILES string of the molecule is O=C(Nc1nnc(C2CCCO2)s1)C(F)(F)F. The number of anilines is 1. The van der Waals surface area contributed by atoms with Gasteiger partial charge < -0.3 is 4.74 Å². The maximum atomic E-state index is 12.0. The van der Waals surface area contributed by atoms with E-state index in [1.165, 1.54) is 0 Å². The molecule has 1 amide bonds. The molecule has 1 aromatic rings. The summed E-state index contributed by atoms with van der Waals surface area (Å²) in [5, 5.41) is 9.13. The van der Waals surface area contributed by atoms with E-state index in [4.69, 9.17) is 4.74 Å². The number of halogens is 3. The number of nitrogens with zero attached hydrogens (tertiary/aromatic N) is 2. The largest absolute Gasteiger partial charge is 0.471 e. The van der Waals surface area contributed by atoms with Crippen molar-refractivity contribution in [2.24, 2.45) is 0 Å². The van der Waals surface area contributed by atoms with Crippen molar-refractivity contribution in [2.45, 2.75) is 25.1 Å². The van der Waals surface area contributed by atoms with Gasteiger partial charge in [0.25, 0.3) is 0 Å². The van der Waals surface area contributed by atoms with Crippen molar-refractivity contribution in [3.63, 3.8) is 0 Å². The first-order valence-corrected chi connectivity index (χ1v) is 5.61. The summed E-state index contributed by atoms with van der Waals surface area (Å²) in [6.07, 6.45) is -3.49. The van der Waals surface area contributed by atoms with Crippen LogP contribution < -0.4 is 5.32 Å². The van der Waals surface area contributed by atoms with E-state index in [9.17, 15) is 18.0 Å². The highest BCUT2D eigenvalue weighted by Crippen LogP contribution is 2.32. The van der Waals surface area contributed by atoms with Crippen molar-refractivity contribution in [3.8, 4) is 0 Å². The van der Waals surface area contributed by atoms with Crippen LogP contribution in [0.1, 0.15) is 24.0 Å². The van der Waals surface area contributed by atoms with Crippen LogP contribution in [0.4, 0.5) is 18.3 Å². The maximum absolute atomic E-state index is 12.0. The predicted molar refractivity (Wildman–Crippen MR) is 52.5 cm³/mol. The van der Waals surface area contributed by atoms with E-state index in [-0.39, 0.29) is 11.2 Å². The molecule has 0 spiro atoms. The zero-order valence-corrected chi connectivity index (χ0v) is 9.27. The fourth-order valence-corrected chi connectivity index (χ4v) is 2.18. The highest BCUT2D eigenvalue weighted by Gasteiger charge is 2.39. The zero-order valence-electron chi connectivity index (χ0n) is 8.45. The lowest BCUT2D eigenvalue weighted by Gasteiger charge is -2.04.